The van der Waals surface area contributed by atoms with E-state index in [1.807, 2.05) is 6.92 Å². The molecule has 11 nitrogen and oxygen atoms in total. The molecule has 0 heterocycles. The fourth-order valence-corrected chi connectivity index (χ4v) is 3.23. The molecule has 0 bridgehead atoms. The number of hydrogen-bond donors (Lipinski definition) is 6. The monoisotopic (exact) mass is 482 g/mol. The minimum Gasteiger partial charge on any atom is -0.480 e. The maximum Gasteiger partial charge on any atom is 0.394 e. The smallest absolute Gasteiger partial charge is 0.394 e. The molecule has 0 aliphatic rings. The molecule has 0 unspecified atom stereocenters. The normalized spacial score (nSPS) is 11.8. The van der Waals surface area contributed by atoms with Gasteiger partial charge in [-0.3, -0.25) is 19.3 Å². The maximum atomic E-state index is 12.5. The van der Waals surface area contributed by atoms with Crippen molar-refractivity contribution >= 4 is 28.2 Å². The summed E-state index contributed by atoms with van der Waals surface area (Å²) in [6.07, 6.45) is 12.0. The van der Waals surface area contributed by atoms with E-state index in [0.717, 1.165) is 19.3 Å². The summed E-state index contributed by atoms with van der Waals surface area (Å²) in [6.45, 7) is 4.86. The van der Waals surface area contributed by atoms with E-state index in [0.29, 0.717) is 32.4 Å². The molecule has 1 atom stereocenters. The Kier molecular flexibility index (Phi) is 19.9. The van der Waals surface area contributed by atoms with E-state index in [1.165, 1.54) is 43.4 Å². The molecule has 0 aromatic heterocycles. The highest BCUT2D eigenvalue weighted by molar-refractivity contribution is 7.79. The van der Waals surface area contributed by atoms with Gasteiger partial charge in [-0.1, -0.05) is 58.3 Å². The maximum absolute atomic E-state index is 12.5. The van der Waals surface area contributed by atoms with Crippen LogP contribution in [-0.2, 0) is 20.0 Å². The topological polar surface area (TPSA) is 194 Å². The molecule has 12 heteroatoms. The number of unbranched alkanes of at least 4 members (excludes halogenated alkanes) is 8. The number of nitrogens with zero attached hydrogens (tertiary/aromatic N) is 1. The quantitative estimate of drug-likeness (QED) is 0.0781. The molecule has 0 spiro atoms. The summed E-state index contributed by atoms with van der Waals surface area (Å²) < 4.78 is 31.6. The first-order valence-corrected chi connectivity index (χ1v) is 12.6. The van der Waals surface area contributed by atoms with Crippen LogP contribution in [0.15, 0.2) is 0 Å². The van der Waals surface area contributed by atoms with Gasteiger partial charge in [-0.25, -0.2) is 4.79 Å². The molecule has 0 fully saturated rings. The Morgan fingerprint density at radius 2 is 1.44 bits per heavy atom. The summed E-state index contributed by atoms with van der Waals surface area (Å²) in [5.41, 5.74) is 5.21. The van der Waals surface area contributed by atoms with E-state index in [-0.39, 0.29) is 11.9 Å². The number of guanidine groups is 1. The number of amides is 1. The highest BCUT2D eigenvalue weighted by Crippen LogP contribution is 2.14. The minimum atomic E-state index is -4.67. The molecular weight excluding hydrogens is 440 g/mol. The van der Waals surface area contributed by atoms with Crippen molar-refractivity contribution in [3.63, 3.8) is 0 Å². The number of aliphatic carboxylic acids is 1. The lowest BCUT2D eigenvalue weighted by Gasteiger charge is -2.28. The lowest BCUT2D eigenvalue weighted by molar-refractivity contribution is -0.150. The zero-order chi connectivity index (χ0) is 25.0. The highest BCUT2D eigenvalue weighted by Gasteiger charge is 2.27. The van der Waals surface area contributed by atoms with Gasteiger partial charge >= 0.3 is 16.4 Å². The van der Waals surface area contributed by atoms with Gasteiger partial charge in [0.05, 0.1) is 0 Å². The number of rotatable bonds is 17. The van der Waals surface area contributed by atoms with Gasteiger partial charge in [-0.15, -0.1) is 0 Å². The molecule has 190 valence electrons. The lowest BCUT2D eigenvalue weighted by Crippen LogP contribution is -2.45. The number of carboxylic acid groups (broad SMARTS) is 1. The van der Waals surface area contributed by atoms with Crippen LogP contribution in [0.4, 0.5) is 0 Å². The van der Waals surface area contributed by atoms with Crippen LogP contribution in [0.1, 0.15) is 90.9 Å². The van der Waals surface area contributed by atoms with Crippen LogP contribution >= 0.6 is 0 Å². The fourth-order valence-electron chi connectivity index (χ4n) is 3.23. The fraction of sp³-hybridized carbons (Fsp3) is 0.850. The van der Waals surface area contributed by atoms with E-state index in [9.17, 15) is 14.7 Å². The molecule has 0 aromatic rings. The Morgan fingerprint density at radius 3 is 1.84 bits per heavy atom. The van der Waals surface area contributed by atoms with Crippen LogP contribution in [-0.4, -0.2) is 64.5 Å². The SMILES string of the molecule is CCCCCCCCCCCC(=O)N(CC)[C@@H](CCCNC(=N)N)C(=O)O.O=S(=O)(O)O. The first-order valence-electron chi connectivity index (χ1n) is 11.2. The number of nitrogens with one attached hydrogen (secondary N) is 2. The van der Waals surface area contributed by atoms with E-state index in [1.54, 1.807) is 0 Å². The van der Waals surface area contributed by atoms with Crippen LogP contribution in [0.3, 0.4) is 0 Å². The van der Waals surface area contributed by atoms with Crippen molar-refractivity contribution < 1.29 is 32.2 Å². The molecular formula is C20H42N4O7S. The van der Waals surface area contributed by atoms with Crippen molar-refractivity contribution in [2.45, 2.75) is 96.9 Å². The molecule has 1 amide bonds. The van der Waals surface area contributed by atoms with E-state index in [4.69, 9.17) is 28.7 Å². The Morgan fingerprint density at radius 1 is 0.969 bits per heavy atom. The molecule has 0 aromatic carbocycles. The second-order valence-electron chi connectivity index (χ2n) is 7.54. The molecule has 0 rings (SSSR count). The zero-order valence-corrected chi connectivity index (χ0v) is 20.2. The number of carbonyl (C=O) groups excluding carboxylic acids is 1. The lowest BCUT2D eigenvalue weighted by atomic mass is 10.1. The minimum absolute atomic E-state index is 0.0765. The van der Waals surface area contributed by atoms with E-state index < -0.39 is 22.4 Å². The molecule has 32 heavy (non-hydrogen) atoms. The Labute approximate surface area is 192 Å². The van der Waals surface area contributed by atoms with E-state index >= 15 is 0 Å². The standard InChI is InChI=1S/C20H40N4O3.H2O4S/c1-3-5-6-7-8-9-10-11-12-15-18(25)24(4-2)17(19(26)27)14-13-16-23-20(21)22;1-5(2,3)4/h17H,3-16H2,1-2H3,(H,26,27)(H4,21,22,23);(H2,1,2,3,4)/t17-;/m0./s1. The summed E-state index contributed by atoms with van der Waals surface area (Å²) in [4.78, 5) is 25.5. The molecule has 0 aliphatic carbocycles. The summed E-state index contributed by atoms with van der Waals surface area (Å²) in [6, 6.07) is -0.810. The van der Waals surface area contributed by atoms with Gasteiger partial charge < -0.3 is 21.1 Å². The highest BCUT2D eigenvalue weighted by atomic mass is 32.3. The number of likely N-dealkylation sites (N-methyl/N-ethyl adjacent to an activating group) is 1. The molecule has 0 aliphatic heterocycles. The summed E-state index contributed by atoms with van der Waals surface area (Å²) in [5, 5.41) is 19.2. The molecule has 0 saturated heterocycles. The van der Waals surface area contributed by atoms with Crippen LogP contribution in [0.2, 0.25) is 0 Å². The molecule has 0 radical (unpaired) electrons. The van der Waals surface area contributed by atoms with Crippen molar-refractivity contribution in [1.82, 2.24) is 10.2 Å². The summed E-state index contributed by atoms with van der Waals surface area (Å²) in [7, 11) is -4.67. The van der Waals surface area contributed by atoms with Gasteiger partial charge in [0.1, 0.15) is 6.04 Å². The average molecular weight is 483 g/mol. The van der Waals surface area contributed by atoms with Crippen LogP contribution in [0, 0.1) is 5.41 Å². The van der Waals surface area contributed by atoms with Crippen molar-refractivity contribution in [2.75, 3.05) is 13.1 Å². The number of nitrogens with two attached hydrogens (primary N) is 1. The van der Waals surface area contributed by atoms with Gasteiger partial charge in [0, 0.05) is 19.5 Å². The van der Waals surface area contributed by atoms with Crippen molar-refractivity contribution in [3.8, 4) is 0 Å². The number of carbonyl (C=O) groups is 2. The van der Waals surface area contributed by atoms with Crippen LogP contribution < -0.4 is 11.1 Å². The molecule has 7 N–H and O–H groups in total. The second-order valence-corrected chi connectivity index (χ2v) is 8.44. The zero-order valence-electron chi connectivity index (χ0n) is 19.4. The van der Waals surface area contributed by atoms with Crippen LogP contribution in [0.5, 0.6) is 0 Å². The van der Waals surface area contributed by atoms with Crippen molar-refractivity contribution in [3.05, 3.63) is 0 Å². The molecule has 0 saturated carbocycles. The second kappa shape index (κ2) is 19.7. The Hall–Kier alpha value is -1.92. The van der Waals surface area contributed by atoms with Gasteiger partial charge in [-0.2, -0.15) is 8.42 Å². The largest absolute Gasteiger partial charge is 0.480 e. The van der Waals surface area contributed by atoms with Gasteiger partial charge in [0.15, 0.2) is 5.96 Å². The third-order valence-corrected chi connectivity index (χ3v) is 4.79. The number of carboxylic acids is 1. The van der Waals surface area contributed by atoms with Gasteiger partial charge in [0.25, 0.3) is 0 Å². The van der Waals surface area contributed by atoms with Crippen molar-refractivity contribution in [2.24, 2.45) is 5.73 Å². The average Bonchev–Trinajstić information content (AvgIpc) is 2.67. The van der Waals surface area contributed by atoms with Crippen LogP contribution in [0.25, 0.3) is 0 Å². The van der Waals surface area contributed by atoms with Gasteiger partial charge in [-0.05, 0) is 26.2 Å². The third kappa shape index (κ3) is 22.8. The number of hydrogen-bond acceptors (Lipinski definition) is 5. The predicted octanol–water partition coefficient (Wildman–Crippen LogP) is 2.82. The first kappa shape index (κ1) is 32.3. The Bertz CT molecular complexity index is 621. The predicted molar refractivity (Wildman–Crippen MR) is 124 cm³/mol. The third-order valence-electron chi connectivity index (χ3n) is 4.79. The first-order chi connectivity index (χ1) is 14.9. The Balaban J connectivity index is 0. The summed E-state index contributed by atoms with van der Waals surface area (Å²) in [5.74, 6) is -1.18. The van der Waals surface area contributed by atoms with Gasteiger partial charge in [0.2, 0.25) is 5.91 Å². The van der Waals surface area contributed by atoms with Crippen molar-refractivity contribution in [1.29, 1.82) is 5.41 Å². The van der Waals surface area contributed by atoms with E-state index in [2.05, 4.69) is 12.2 Å². The summed E-state index contributed by atoms with van der Waals surface area (Å²) >= 11 is 0.